The average Bonchev–Trinajstić information content (AvgIpc) is 3.12. The molecule has 0 unspecified atom stereocenters. The second-order valence-corrected chi connectivity index (χ2v) is 9.52. The van der Waals surface area contributed by atoms with Gasteiger partial charge in [-0.15, -0.1) is 21.5 Å². The molecule has 1 aromatic carbocycles. The molecule has 146 valence electrons. The van der Waals surface area contributed by atoms with Crippen LogP contribution in [0.5, 0.6) is 0 Å². The van der Waals surface area contributed by atoms with Crippen LogP contribution in [0.4, 0.5) is 0 Å². The smallest absolute Gasteiger partial charge is 0.163 e. The van der Waals surface area contributed by atoms with Gasteiger partial charge < -0.3 is 0 Å². The molecule has 0 saturated carbocycles. The summed E-state index contributed by atoms with van der Waals surface area (Å²) in [4.78, 5) is 6.57. The van der Waals surface area contributed by atoms with Gasteiger partial charge in [-0.25, -0.2) is 0 Å². The standard InChI is InChI=1S/C22H25ClN4S/c1-12(2)6-11-18-21-26-25-15(5)27(21)22-19(13(3)14(4)28-22)20(24-18)16-7-9-17(23)10-8-16/h7-10,12,18H,6,11H2,1-5H3/t18-/m0/s1. The van der Waals surface area contributed by atoms with Gasteiger partial charge >= 0.3 is 0 Å². The molecule has 4 nitrogen and oxygen atoms in total. The molecule has 0 aliphatic carbocycles. The van der Waals surface area contributed by atoms with Crippen LogP contribution in [-0.2, 0) is 0 Å². The van der Waals surface area contributed by atoms with Crippen molar-refractivity contribution in [2.24, 2.45) is 10.9 Å². The molecule has 6 heteroatoms. The summed E-state index contributed by atoms with van der Waals surface area (Å²) in [7, 11) is 0. The first kappa shape index (κ1) is 19.3. The van der Waals surface area contributed by atoms with E-state index in [-0.39, 0.29) is 6.04 Å². The van der Waals surface area contributed by atoms with Crippen LogP contribution < -0.4 is 0 Å². The van der Waals surface area contributed by atoms with Crippen molar-refractivity contribution >= 4 is 28.6 Å². The quantitative estimate of drug-likeness (QED) is 0.509. The Bertz CT molecular complexity index is 1040. The molecule has 0 fully saturated rings. The number of aliphatic imine (C=N–C) groups is 1. The molecule has 4 rings (SSSR count). The second-order valence-electron chi connectivity index (χ2n) is 7.88. The van der Waals surface area contributed by atoms with Gasteiger partial charge in [-0.3, -0.25) is 9.56 Å². The van der Waals surface area contributed by atoms with Crippen molar-refractivity contribution in [1.82, 2.24) is 14.8 Å². The molecular formula is C22H25ClN4S. The van der Waals surface area contributed by atoms with Gasteiger partial charge in [0.25, 0.3) is 0 Å². The number of thiophene rings is 1. The van der Waals surface area contributed by atoms with Crippen LogP contribution in [0.25, 0.3) is 5.00 Å². The number of nitrogens with zero attached hydrogens (tertiary/aromatic N) is 4. The van der Waals surface area contributed by atoms with Crippen molar-refractivity contribution in [3.05, 3.63) is 62.5 Å². The van der Waals surface area contributed by atoms with Gasteiger partial charge in [-0.05, 0) is 57.2 Å². The van der Waals surface area contributed by atoms with Crippen LogP contribution in [0, 0.1) is 26.7 Å². The van der Waals surface area contributed by atoms with E-state index in [2.05, 4.69) is 54.6 Å². The fourth-order valence-corrected chi connectivity index (χ4v) is 5.02. The van der Waals surface area contributed by atoms with E-state index < -0.39 is 0 Å². The van der Waals surface area contributed by atoms with Gasteiger partial charge in [0.2, 0.25) is 0 Å². The molecule has 0 bridgehead atoms. The topological polar surface area (TPSA) is 43.1 Å². The number of fused-ring (bicyclic) bond motifs is 3. The van der Waals surface area contributed by atoms with Crippen LogP contribution >= 0.6 is 22.9 Å². The van der Waals surface area contributed by atoms with E-state index in [0.29, 0.717) is 5.92 Å². The minimum Gasteiger partial charge on any atom is -0.273 e. The lowest BCUT2D eigenvalue weighted by Gasteiger charge is -2.14. The second kappa shape index (κ2) is 7.45. The highest BCUT2D eigenvalue weighted by Gasteiger charge is 2.31. The maximum absolute atomic E-state index is 6.15. The van der Waals surface area contributed by atoms with E-state index in [1.807, 2.05) is 19.1 Å². The molecule has 0 spiro atoms. The normalized spacial score (nSPS) is 16.0. The van der Waals surface area contributed by atoms with Crippen LogP contribution in [0.1, 0.15) is 65.9 Å². The molecule has 1 aliphatic heterocycles. The Morgan fingerprint density at radius 1 is 1.11 bits per heavy atom. The van der Waals surface area contributed by atoms with Gasteiger partial charge in [-0.2, -0.15) is 0 Å². The largest absolute Gasteiger partial charge is 0.273 e. The molecule has 3 aromatic rings. The third-order valence-electron chi connectivity index (χ3n) is 5.37. The molecule has 0 amide bonds. The number of aryl methyl sites for hydroxylation is 2. The number of hydrogen-bond acceptors (Lipinski definition) is 4. The summed E-state index contributed by atoms with van der Waals surface area (Å²) in [5, 5.41) is 10.9. The highest BCUT2D eigenvalue weighted by molar-refractivity contribution is 7.15. The van der Waals surface area contributed by atoms with Gasteiger partial charge in [-0.1, -0.05) is 37.6 Å². The van der Waals surface area contributed by atoms with Crippen LogP contribution in [-0.4, -0.2) is 20.5 Å². The van der Waals surface area contributed by atoms with Gasteiger partial charge in [0.05, 0.1) is 5.71 Å². The maximum Gasteiger partial charge on any atom is 0.163 e. The van der Waals surface area contributed by atoms with Crippen molar-refractivity contribution in [3.63, 3.8) is 0 Å². The summed E-state index contributed by atoms with van der Waals surface area (Å²) in [6.07, 6.45) is 2.06. The zero-order valence-electron chi connectivity index (χ0n) is 17.0. The first-order chi connectivity index (χ1) is 13.4. The van der Waals surface area contributed by atoms with E-state index in [1.54, 1.807) is 11.3 Å². The fraction of sp³-hybridized carbons (Fsp3) is 0.409. The summed E-state index contributed by atoms with van der Waals surface area (Å²) in [6.45, 7) is 10.9. The number of hydrogen-bond donors (Lipinski definition) is 0. The first-order valence-corrected chi connectivity index (χ1v) is 10.9. The SMILES string of the molecule is Cc1sc2c(c1C)C(c1ccc(Cl)cc1)=N[C@@H](CCC(C)C)c1nnc(C)n1-2. The summed E-state index contributed by atoms with van der Waals surface area (Å²) < 4.78 is 2.22. The summed E-state index contributed by atoms with van der Waals surface area (Å²) in [5.41, 5.74) is 4.60. The molecule has 3 heterocycles. The molecule has 0 radical (unpaired) electrons. The number of rotatable bonds is 4. The van der Waals surface area contributed by atoms with E-state index >= 15 is 0 Å². The molecule has 28 heavy (non-hydrogen) atoms. The molecule has 0 N–H and O–H groups in total. The van der Waals surface area contributed by atoms with Crippen molar-refractivity contribution in [3.8, 4) is 5.00 Å². The Labute approximate surface area is 175 Å². The third kappa shape index (κ3) is 3.31. The first-order valence-electron chi connectivity index (χ1n) is 9.73. The van der Waals surface area contributed by atoms with Crippen LogP contribution in [0.2, 0.25) is 5.02 Å². The molecule has 2 aromatic heterocycles. The summed E-state index contributed by atoms with van der Waals surface area (Å²) in [6, 6.07) is 8.00. The average molecular weight is 413 g/mol. The van der Waals surface area contributed by atoms with E-state index in [1.165, 1.54) is 21.0 Å². The Hall–Kier alpha value is -1.98. The Morgan fingerprint density at radius 2 is 1.82 bits per heavy atom. The zero-order valence-corrected chi connectivity index (χ0v) is 18.5. The molecular weight excluding hydrogens is 388 g/mol. The molecule has 1 aliphatic rings. The Morgan fingerprint density at radius 3 is 2.50 bits per heavy atom. The molecule has 1 atom stereocenters. The highest BCUT2D eigenvalue weighted by atomic mass is 35.5. The lowest BCUT2D eigenvalue weighted by Crippen LogP contribution is -2.07. The molecule has 0 saturated heterocycles. The van der Waals surface area contributed by atoms with Gasteiger partial charge in [0, 0.05) is 21.0 Å². The summed E-state index contributed by atoms with van der Waals surface area (Å²) in [5.74, 6) is 2.48. The fourth-order valence-electron chi connectivity index (χ4n) is 3.68. The minimum absolute atomic E-state index is 0.00594. The number of halogens is 1. The summed E-state index contributed by atoms with van der Waals surface area (Å²) >= 11 is 7.94. The predicted octanol–water partition coefficient (Wildman–Crippen LogP) is 6.24. The highest BCUT2D eigenvalue weighted by Crippen LogP contribution is 2.40. The van der Waals surface area contributed by atoms with Crippen LogP contribution in [0.15, 0.2) is 29.3 Å². The lowest BCUT2D eigenvalue weighted by atomic mass is 9.99. The van der Waals surface area contributed by atoms with Gasteiger partial charge in [0.15, 0.2) is 5.82 Å². The van der Waals surface area contributed by atoms with Crippen molar-refractivity contribution in [2.75, 3.05) is 0 Å². The Balaban J connectivity index is 1.97. The predicted molar refractivity (Wildman–Crippen MR) is 117 cm³/mol. The van der Waals surface area contributed by atoms with Crippen LogP contribution in [0.3, 0.4) is 0 Å². The van der Waals surface area contributed by atoms with E-state index in [4.69, 9.17) is 16.6 Å². The minimum atomic E-state index is -0.00594. The van der Waals surface area contributed by atoms with Gasteiger partial charge in [0.1, 0.15) is 16.9 Å². The number of benzene rings is 1. The third-order valence-corrected chi connectivity index (χ3v) is 6.82. The monoisotopic (exact) mass is 412 g/mol. The Kier molecular flexibility index (Phi) is 5.15. The number of aromatic nitrogens is 3. The maximum atomic E-state index is 6.15. The van der Waals surface area contributed by atoms with E-state index in [9.17, 15) is 0 Å². The van der Waals surface area contributed by atoms with Crippen molar-refractivity contribution in [2.45, 2.75) is 53.5 Å². The van der Waals surface area contributed by atoms with E-state index in [0.717, 1.165) is 40.8 Å². The zero-order chi connectivity index (χ0) is 20.0. The van der Waals surface area contributed by atoms with Crippen molar-refractivity contribution < 1.29 is 0 Å². The lowest BCUT2D eigenvalue weighted by molar-refractivity contribution is 0.493. The van der Waals surface area contributed by atoms with Crippen molar-refractivity contribution in [1.29, 1.82) is 0 Å².